The van der Waals surface area contributed by atoms with Crippen molar-refractivity contribution in [2.24, 2.45) is 23.7 Å². The van der Waals surface area contributed by atoms with Gasteiger partial charge in [-0.25, -0.2) is 60.7 Å². The number of rotatable bonds is 31. The average Bonchev–Trinajstić information content (AvgIpc) is 0.802. The molecule has 0 saturated carbocycles. The number of benzene rings is 4. The van der Waals surface area contributed by atoms with Crippen LogP contribution in [0.15, 0.2) is 167 Å². The molecule has 0 spiro atoms. The van der Waals surface area contributed by atoms with Crippen molar-refractivity contribution in [2.75, 3.05) is 33.5 Å². The van der Waals surface area contributed by atoms with Gasteiger partial charge in [-0.2, -0.15) is 16.8 Å². The Morgan fingerprint density at radius 1 is 0.444 bits per heavy atom. The smallest absolute Gasteiger partial charge is 0.281 e. The number of pyridine rings is 5. The summed E-state index contributed by atoms with van der Waals surface area (Å²) in [7, 11) is -11.3. The lowest BCUT2D eigenvalue weighted by atomic mass is 10.0. The predicted molar refractivity (Wildman–Crippen MR) is 417 cm³/mol. The minimum atomic E-state index is -4.22. The molecule has 0 saturated heterocycles. The SMILES string of the molecule is CCC(C)C(C)Oc1nc(-c2cc(F)cc(OCC(C)C)c2)ccc1C(=O)NS(=O)(=O)c1cccc(C)c1.CCCCCOc1nc(-c2cc(F)cc(OCC(C)C)c2)ccc1C(=O)NS(=O)(=O)c1cccc(C)n1.COc1nc(-c2cc(F)cc(OCC(C)C)c2)ccc1C(=O)NS(=O)(=O)c1cccc(C)n1.[HH].[HH].[HH].[HH].[HH].[HH]. The molecule has 0 aliphatic carbocycles. The standard InChI is InChI=1S/C29H35FN2O5S.C27H32FN3O5S.C23H24FN3O5S.6H2/c1-7-20(5)21(6)37-29-26(28(33)32-38(34,35)25-10-8-9-19(4)13-25)11-12-27(31-29)22-14-23(30)16-24(15-22)36-17-18(2)3;1-5-6-7-13-35-27-23(26(32)31-37(33,34)25-10-8-9-19(4)29-25)11-12-24(30-27)20-14-21(28)16-22(15-20)36-17-18(2)3;1-14(2)13-32-18-11-16(10-17(24)12-18)20-9-8-19(23(26-20)31-4)22(28)27-33(29,30)21-7-5-6-15(3)25-21;;;;;;/h8-16,18,20-21H,7,17H2,1-6H3,(H,32,33);8-12,14-16,18H,5-7,13,17H2,1-4H3,(H,31,32);5-12,14H,13H2,1-4H3,(H,27,28);6*1H. The molecule has 3 amide bonds. The summed E-state index contributed by atoms with van der Waals surface area (Å²) in [5.41, 5.74) is 3.80. The lowest BCUT2D eigenvalue weighted by Gasteiger charge is -2.21. The summed E-state index contributed by atoms with van der Waals surface area (Å²) in [5.74, 6) is -2.45. The van der Waals surface area contributed by atoms with E-state index in [9.17, 15) is 52.8 Å². The number of nitrogens with one attached hydrogen (secondary N) is 3. The van der Waals surface area contributed by atoms with Gasteiger partial charge in [-0.05, 0) is 173 Å². The fraction of sp³-hybridized carbons (Fsp3) is 0.342. The fourth-order valence-corrected chi connectivity index (χ4v) is 12.8. The van der Waals surface area contributed by atoms with Gasteiger partial charge in [0, 0.05) is 54.8 Å². The highest BCUT2D eigenvalue weighted by atomic mass is 32.2. The van der Waals surface area contributed by atoms with E-state index < -0.39 is 65.2 Å². The minimum Gasteiger partial charge on any atom is -0.493 e. The maximum Gasteiger partial charge on any atom is 0.281 e. The summed E-state index contributed by atoms with van der Waals surface area (Å²) in [5, 5.41) is -0.558. The predicted octanol–water partition coefficient (Wildman–Crippen LogP) is 16.7. The summed E-state index contributed by atoms with van der Waals surface area (Å²) in [6.45, 7) is 26.4. The summed E-state index contributed by atoms with van der Waals surface area (Å²) in [6, 6.07) is 36.6. The maximum atomic E-state index is 14.4. The van der Waals surface area contributed by atoms with Crippen LogP contribution in [-0.2, 0) is 30.1 Å². The highest BCUT2D eigenvalue weighted by molar-refractivity contribution is 7.90. The van der Waals surface area contributed by atoms with E-state index in [-0.39, 0.29) is 94.2 Å². The highest BCUT2D eigenvalue weighted by Gasteiger charge is 2.29. The highest BCUT2D eigenvalue weighted by Crippen LogP contribution is 2.33. The number of hydrogen-bond donors (Lipinski definition) is 3. The minimum absolute atomic E-state index is 0. The van der Waals surface area contributed by atoms with Crippen molar-refractivity contribution in [3.05, 3.63) is 203 Å². The van der Waals surface area contributed by atoms with Crippen LogP contribution in [0.25, 0.3) is 33.8 Å². The average molecular weight is 1560 g/mol. The Morgan fingerprint density at radius 2 is 0.833 bits per heavy atom. The van der Waals surface area contributed by atoms with Gasteiger partial charge in [-0.15, -0.1) is 0 Å². The van der Waals surface area contributed by atoms with E-state index in [0.29, 0.717) is 82.2 Å². The van der Waals surface area contributed by atoms with Gasteiger partial charge < -0.3 is 28.4 Å². The number of methoxy groups -OCH3 is 1. The molecule has 23 nitrogen and oxygen atoms in total. The molecule has 0 fully saturated rings. The van der Waals surface area contributed by atoms with E-state index in [2.05, 4.69) is 29.6 Å². The van der Waals surface area contributed by atoms with Crippen LogP contribution in [0.2, 0.25) is 0 Å². The fourth-order valence-electron chi connectivity index (χ4n) is 9.81. The van der Waals surface area contributed by atoms with Crippen LogP contribution in [0, 0.1) is 61.9 Å². The number of aromatic nitrogens is 5. The number of carbonyl (C=O) groups is 3. The lowest BCUT2D eigenvalue weighted by molar-refractivity contribution is 0.0959. The first-order chi connectivity index (χ1) is 51.1. The monoisotopic (exact) mass is 1560 g/mol. The van der Waals surface area contributed by atoms with Gasteiger partial charge in [0.2, 0.25) is 17.6 Å². The number of aryl methyl sites for hydroxylation is 3. The number of ether oxygens (including phenoxy) is 6. The van der Waals surface area contributed by atoms with Crippen molar-refractivity contribution in [1.82, 2.24) is 39.1 Å². The number of sulfonamides is 3. The normalized spacial score (nSPS) is 12.0. The van der Waals surface area contributed by atoms with Gasteiger partial charge in [0.1, 0.15) is 57.5 Å². The molecule has 2 atom stereocenters. The van der Waals surface area contributed by atoms with Crippen LogP contribution in [-0.4, -0.2) is 108 Å². The molecule has 588 valence electrons. The quantitative estimate of drug-likeness (QED) is 0.0340. The van der Waals surface area contributed by atoms with Crippen molar-refractivity contribution < 1.29 is 89.8 Å². The molecule has 9 rings (SSSR count). The van der Waals surface area contributed by atoms with Crippen molar-refractivity contribution in [1.29, 1.82) is 0 Å². The van der Waals surface area contributed by atoms with Gasteiger partial charge in [0.25, 0.3) is 47.8 Å². The zero-order valence-corrected chi connectivity index (χ0v) is 65.1. The summed E-state index contributed by atoms with van der Waals surface area (Å²) >= 11 is 0. The first-order valence-corrected chi connectivity index (χ1v) is 39.3. The van der Waals surface area contributed by atoms with Crippen molar-refractivity contribution in [3.8, 4) is 68.7 Å². The molecular weight excluding hydrogens is 1450 g/mol. The van der Waals surface area contributed by atoms with Crippen LogP contribution in [0.3, 0.4) is 0 Å². The Labute approximate surface area is 638 Å². The largest absolute Gasteiger partial charge is 0.493 e. The van der Waals surface area contributed by atoms with E-state index in [1.54, 1.807) is 63.2 Å². The van der Waals surface area contributed by atoms with Gasteiger partial charge in [-0.1, -0.05) is 106 Å². The van der Waals surface area contributed by atoms with Crippen LogP contribution in [0.5, 0.6) is 34.9 Å². The second-order valence-electron chi connectivity index (χ2n) is 26.6. The first kappa shape index (κ1) is 84.7. The van der Waals surface area contributed by atoms with Gasteiger partial charge in [0.15, 0.2) is 10.1 Å². The number of unbranched alkanes of at least 4 members (excludes halogenated alkanes) is 2. The first-order valence-electron chi connectivity index (χ1n) is 34.9. The number of carbonyl (C=O) groups excluding carboxylic acids is 3. The number of halogens is 3. The third-order valence-electron chi connectivity index (χ3n) is 15.7. The summed E-state index contributed by atoms with van der Waals surface area (Å²) < 4.78 is 159. The topological polar surface area (TPSA) is 310 Å². The molecular formula is C79H103F3N8O15S3. The molecule has 0 aliphatic rings. The second-order valence-corrected chi connectivity index (χ2v) is 31.6. The Morgan fingerprint density at radius 3 is 1.22 bits per heavy atom. The van der Waals surface area contributed by atoms with Crippen LogP contribution < -0.4 is 42.6 Å². The maximum absolute atomic E-state index is 14.4. The van der Waals surface area contributed by atoms with Gasteiger partial charge in [0.05, 0.1) is 55.5 Å². The van der Waals surface area contributed by atoms with E-state index in [1.807, 2.05) is 78.7 Å². The van der Waals surface area contributed by atoms with E-state index in [4.69, 9.17) is 28.4 Å². The molecule has 5 aromatic heterocycles. The molecule has 2 unspecified atom stereocenters. The Kier molecular flexibility index (Phi) is 30.5. The molecule has 0 radical (unpaired) electrons. The molecule has 0 bridgehead atoms. The Bertz CT molecular complexity index is 5030. The zero-order valence-electron chi connectivity index (χ0n) is 62.7. The number of nitrogens with zero attached hydrogens (tertiary/aromatic N) is 5. The number of hydrogen-bond acceptors (Lipinski definition) is 20. The van der Waals surface area contributed by atoms with Crippen LogP contribution in [0.1, 0.15) is 152 Å². The summed E-state index contributed by atoms with van der Waals surface area (Å²) in [4.78, 5) is 60.0. The van der Waals surface area contributed by atoms with Crippen molar-refractivity contribution >= 4 is 47.8 Å². The third kappa shape index (κ3) is 25.0. The second kappa shape index (κ2) is 38.8. The van der Waals surface area contributed by atoms with E-state index in [1.165, 1.54) is 116 Å². The summed E-state index contributed by atoms with van der Waals surface area (Å²) in [6.07, 6.45) is 3.11. The zero-order chi connectivity index (χ0) is 79.2. The van der Waals surface area contributed by atoms with E-state index in [0.717, 1.165) is 31.2 Å². The van der Waals surface area contributed by atoms with E-state index >= 15 is 0 Å². The van der Waals surface area contributed by atoms with Gasteiger partial charge in [-0.3, -0.25) is 14.4 Å². The van der Waals surface area contributed by atoms with Crippen LogP contribution in [0.4, 0.5) is 13.2 Å². The van der Waals surface area contributed by atoms with Crippen LogP contribution >= 0.6 is 0 Å². The molecule has 3 N–H and O–H groups in total. The Hall–Kier alpha value is -10.5. The molecule has 29 heteroatoms. The molecule has 0 aliphatic heterocycles. The molecule has 108 heavy (non-hydrogen) atoms. The third-order valence-corrected chi connectivity index (χ3v) is 19.5. The van der Waals surface area contributed by atoms with Crippen molar-refractivity contribution in [2.45, 2.75) is 137 Å². The van der Waals surface area contributed by atoms with Gasteiger partial charge >= 0.3 is 0 Å². The Balaban J connectivity index is 0.000000835. The molecule has 4 aromatic carbocycles. The lowest BCUT2D eigenvalue weighted by Crippen LogP contribution is -2.32. The van der Waals surface area contributed by atoms with Crippen molar-refractivity contribution in [3.63, 3.8) is 0 Å². The molecule has 5 heterocycles. The molecule has 9 aromatic rings. The number of amides is 3.